The Kier molecular flexibility index (Phi) is 5.29. The van der Waals surface area contributed by atoms with Crippen molar-refractivity contribution in [2.75, 3.05) is 38.4 Å². The van der Waals surface area contributed by atoms with Gasteiger partial charge in [-0.15, -0.1) is 0 Å². The lowest BCUT2D eigenvalue weighted by Crippen LogP contribution is -2.52. The minimum atomic E-state index is -0.472. The molecular formula is C18H25NO3S. The van der Waals surface area contributed by atoms with Crippen molar-refractivity contribution in [1.82, 2.24) is 5.32 Å². The quantitative estimate of drug-likeness (QED) is 0.897. The van der Waals surface area contributed by atoms with Crippen molar-refractivity contribution in [1.29, 1.82) is 0 Å². The first-order valence-electron chi connectivity index (χ1n) is 8.25. The molecule has 1 N–H and O–H groups in total. The molecule has 4 nitrogen and oxygen atoms in total. The van der Waals surface area contributed by atoms with Crippen molar-refractivity contribution in [3.8, 4) is 0 Å². The Morgan fingerprint density at radius 3 is 2.61 bits per heavy atom. The summed E-state index contributed by atoms with van der Waals surface area (Å²) < 4.78 is 11.2. The van der Waals surface area contributed by atoms with Gasteiger partial charge in [0.05, 0.1) is 11.0 Å². The van der Waals surface area contributed by atoms with E-state index in [4.69, 9.17) is 9.47 Å². The standard InChI is InChI=1S/C18H25NO3S/c1-21-17(9-12-23-14-17)13-19-16(20)18(7-10-22-11-8-18)15-5-3-2-4-6-15/h2-6H,7-14H2,1H3,(H,19,20)/t17-/m0/s1. The third-order valence-electron chi connectivity index (χ3n) is 5.18. The summed E-state index contributed by atoms with van der Waals surface area (Å²) in [5, 5.41) is 3.19. The zero-order valence-corrected chi connectivity index (χ0v) is 14.5. The molecule has 0 unspecified atom stereocenters. The van der Waals surface area contributed by atoms with Gasteiger partial charge in [0.1, 0.15) is 0 Å². The van der Waals surface area contributed by atoms with Gasteiger partial charge in [0.25, 0.3) is 0 Å². The number of ether oxygens (including phenoxy) is 2. The lowest BCUT2D eigenvalue weighted by Gasteiger charge is -2.37. The first kappa shape index (κ1) is 16.8. The molecule has 3 rings (SSSR count). The molecule has 0 bridgehead atoms. The van der Waals surface area contributed by atoms with E-state index in [2.05, 4.69) is 17.4 Å². The third kappa shape index (κ3) is 3.42. The van der Waals surface area contributed by atoms with Crippen LogP contribution in [-0.2, 0) is 19.7 Å². The van der Waals surface area contributed by atoms with Gasteiger partial charge in [0.2, 0.25) is 5.91 Å². The minimum Gasteiger partial charge on any atom is -0.381 e. The van der Waals surface area contributed by atoms with Crippen LogP contribution in [0, 0.1) is 0 Å². The summed E-state index contributed by atoms with van der Waals surface area (Å²) in [5.74, 6) is 2.16. The zero-order valence-electron chi connectivity index (χ0n) is 13.7. The van der Waals surface area contributed by atoms with Crippen molar-refractivity contribution >= 4 is 17.7 Å². The molecule has 1 aromatic rings. The van der Waals surface area contributed by atoms with Crippen molar-refractivity contribution in [3.63, 3.8) is 0 Å². The molecule has 2 heterocycles. The number of nitrogens with one attached hydrogen (secondary N) is 1. The Morgan fingerprint density at radius 1 is 1.26 bits per heavy atom. The Hall–Kier alpha value is -1.04. The SMILES string of the molecule is CO[C@]1(CNC(=O)C2(c3ccccc3)CCOCC2)CCSC1. The second-order valence-electron chi connectivity index (χ2n) is 6.43. The first-order valence-corrected chi connectivity index (χ1v) is 9.41. The third-order valence-corrected chi connectivity index (χ3v) is 6.40. The van der Waals surface area contributed by atoms with Gasteiger partial charge < -0.3 is 14.8 Å². The van der Waals surface area contributed by atoms with Gasteiger partial charge in [-0.1, -0.05) is 30.3 Å². The summed E-state index contributed by atoms with van der Waals surface area (Å²) in [6.45, 7) is 1.85. The largest absolute Gasteiger partial charge is 0.381 e. The Morgan fingerprint density at radius 2 is 2.00 bits per heavy atom. The molecule has 1 aromatic carbocycles. The molecule has 2 saturated heterocycles. The van der Waals surface area contributed by atoms with E-state index in [0.717, 1.165) is 36.3 Å². The average molecular weight is 335 g/mol. The van der Waals surface area contributed by atoms with Crippen molar-refractivity contribution in [2.45, 2.75) is 30.3 Å². The first-order chi connectivity index (χ1) is 11.2. The van der Waals surface area contributed by atoms with E-state index in [1.807, 2.05) is 30.0 Å². The number of methoxy groups -OCH3 is 1. The predicted molar refractivity (Wildman–Crippen MR) is 92.9 cm³/mol. The van der Waals surface area contributed by atoms with Crippen LogP contribution in [0.2, 0.25) is 0 Å². The highest BCUT2D eigenvalue weighted by Crippen LogP contribution is 2.36. The number of hydrogen-bond donors (Lipinski definition) is 1. The fourth-order valence-corrected chi connectivity index (χ4v) is 4.89. The number of thioether (sulfide) groups is 1. The van der Waals surface area contributed by atoms with Gasteiger partial charge in [-0.3, -0.25) is 4.79 Å². The number of benzene rings is 1. The summed E-state index contributed by atoms with van der Waals surface area (Å²) >= 11 is 1.89. The summed E-state index contributed by atoms with van der Waals surface area (Å²) in [4.78, 5) is 13.1. The number of carbonyl (C=O) groups excluding carboxylic acids is 1. The molecule has 0 aromatic heterocycles. The highest BCUT2D eigenvalue weighted by molar-refractivity contribution is 7.99. The molecule has 2 fully saturated rings. The lowest BCUT2D eigenvalue weighted by molar-refractivity contribution is -0.131. The fourth-order valence-electron chi connectivity index (χ4n) is 3.50. The van der Waals surface area contributed by atoms with Crippen LogP contribution in [0.1, 0.15) is 24.8 Å². The van der Waals surface area contributed by atoms with Crippen LogP contribution in [0.15, 0.2) is 30.3 Å². The van der Waals surface area contributed by atoms with Crippen molar-refractivity contribution in [2.24, 2.45) is 0 Å². The van der Waals surface area contributed by atoms with Gasteiger partial charge in [0.15, 0.2) is 0 Å². The molecule has 0 radical (unpaired) electrons. The van der Waals surface area contributed by atoms with Gasteiger partial charge in [-0.2, -0.15) is 11.8 Å². The second-order valence-corrected chi connectivity index (χ2v) is 7.54. The van der Waals surface area contributed by atoms with Crippen LogP contribution in [0.4, 0.5) is 0 Å². The van der Waals surface area contributed by atoms with E-state index in [9.17, 15) is 4.79 Å². The molecule has 5 heteroatoms. The average Bonchev–Trinajstić information content (AvgIpc) is 3.10. The van der Waals surface area contributed by atoms with Gasteiger partial charge in [-0.25, -0.2) is 0 Å². The van der Waals surface area contributed by atoms with E-state index >= 15 is 0 Å². The van der Waals surface area contributed by atoms with Gasteiger partial charge in [-0.05, 0) is 30.6 Å². The molecule has 126 valence electrons. The highest BCUT2D eigenvalue weighted by Gasteiger charge is 2.43. The molecule has 2 aliphatic rings. The van der Waals surface area contributed by atoms with Crippen LogP contribution in [-0.4, -0.2) is 49.9 Å². The molecule has 1 amide bonds. The number of carbonyl (C=O) groups is 1. The predicted octanol–water partition coefficient (Wildman–Crippen LogP) is 2.37. The van der Waals surface area contributed by atoms with Crippen LogP contribution >= 0.6 is 11.8 Å². The van der Waals surface area contributed by atoms with E-state index in [1.54, 1.807) is 7.11 Å². The van der Waals surface area contributed by atoms with E-state index in [1.165, 1.54) is 0 Å². The van der Waals surface area contributed by atoms with Gasteiger partial charge >= 0.3 is 0 Å². The zero-order chi connectivity index (χ0) is 16.2. The Bertz CT molecular complexity index is 522. The van der Waals surface area contributed by atoms with Crippen LogP contribution < -0.4 is 5.32 Å². The normalized spacial score (nSPS) is 26.8. The maximum atomic E-state index is 13.1. The van der Waals surface area contributed by atoms with Crippen LogP contribution in [0.25, 0.3) is 0 Å². The Labute approximate surface area is 142 Å². The molecule has 23 heavy (non-hydrogen) atoms. The molecule has 0 aliphatic carbocycles. The molecule has 0 spiro atoms. The molecular weight excluding hydrogens is 310 g/mol. The molecule has 0 saturated carbocycles. The second kappa shape index (κ2) is 7.24. The number of amides is 1. The fraction of sp³-hybridized carbons (Fsp3) is 0.611. The summed E-state index contributed by atoms with van der Waals surface area (Å²) in [5.41, 5.74) is 0.414. The summed E-state index contributed by atoms with van der Waals surface area (Å²) in [6.07, 6.45) is 2.46. The molecule has 2 aliphatic heterocycles. The maximum absolute atomic E-state index is 13.1. The monoisotopic (exact) mass is 335 g/mol. The van der Waals surface area contributed by atoms with E-state index < -0.39 is 5.41 Å². The van der Waals surface area contributed by atoms with Crippen LogP contribution in [0.5, 0.6) is 0 Å². The van der Waals surface area contributed by atoms with Gasteiger partial charge in [0, 0.05) is 32.6 Å². The highest BCUT2D eigenvalue weighted by atomic mass is 32.2. The number of rotatable bonds is 5. The smallest absolute Gasteiger partial charge is 0.230 e. The summed E-state index contributed by atoms with van der Waals surface area (Å²) in [7, 11) is 1.75. The topological polar surface area (TPSA) is 47.6 Å². The van der Waals surface area contributed by atoms with E-state index in [-0.39, 0.29) is 11.5 Å². The van der Waals surface area contributed by atoms with Crippen molar-refractivity contribution in [3.05, 3.63) is 35.9 Å². The Balaban J connectivity index is 1.76. The number of hydrogen-bond acceptors (Lipinski definition) is 4. The summed E-state index contributed by atoms with van der Waals surface area (Å²) in [6, 6.07) is 10.1. The van der Waals surface area contributed by atoms with Crippen LogP contribution in [0.3, 0.4) is 0 Å². The maximum Gasteiger partial charge on any atom is 0.230 e. The molecule has 1 atom stereocenters. The lowest BCUT2D eigenvalue weighted by atomic mass is 9.73. The minimum absolute atomic E-state index is 0.111. The van der Waals surface area contributed by atoms with Crippen molar-refractivity contribution < 1.29 is 14.3 Å². The van der Waals surface area contributed by atoms with E-state index in [0.29, 0.717) is 19.8 Å².